The van der Waals surface area contributed by atoms with E-state index in [1.54, 1.807) is 36.4 Å². The molecule has 2 aromatic rings. The van der Waals surface area contributed by atoms with Crippen LogP contribution in [0.5, 0.6) is 0 Å². The van der Waals surface area contributed by atoms with Gasteiger partial charge in [0, 0.05) is 11.3 Å². The molecule has 0 aromatic heterocycles. The molecule has 22 heavy (non-hydrogen) atoms. The predicted molar refractivity (Wildman–Crippen MR) is 82.8 cm³/mol. The summed E-state index contributed by atoms with van der Waals surface area (Å²) in [5.41, 5.74) is 6.62. The summed E-state index contributed by atoms with van der Waals surface area (Å²) in [6.45, 7) is 0. The van der Waals surface area contributed by atoms with Gasteiger partial charge in [-0.3, -0.25) is 9.59 Å². The summed E-state index contributed by atoms with van der Waals surface area (Å²) < 4.78 is 0. The van der Waals surface area contributed by atoms with E-state index in [0.29, 0.717) is 11.3 Å². The third-order valence-electron chi connectivity index (χ3n) is 2.55. The van der Waals surface area contributed by atoms with E-state index < -0.39 is 12.0 Å². The van der Waals surface area contributed by atoms with Gasteiger partial charge in [0.25, 0.3) is 0 Å². The highest BCUT2D eigenvalue weighted by atomic mass is 16.4. The number of primary amides is 1. The Morgan fingerprint density at radius 2 is 1.64 bits per heavy atom. The van der Waals surface area contributed by atoms with E-state index in [9.17, 15) is 14.4 Å². The number of carboxylic acids is 1. The summed E-state index contributed by atoms with van der Waals surface area (Å²) in [7, 11) is 0. The molecule has 0 bridgehead atoms. The number of nitrogens with one attached hydrogen (secondary N) is 1. The lowest BCUT2D eigenvalue weighted by atomic mass is 10.1. The summed E-state index contributed by atoms with van der Waals surface area (Å²) in [6.07, 6.45) is 0.691. The number of carboxylic acid groups (broad SMARTS) is 1. The average molecular weight is 300 g/mol. The van der Waals surface area contributed by atoms with Crippen LogP contribution in [0.4, 0.5) is 10.5 Å². The molecule has 6 nitrogen and oxygen atoms in total. The summed E-state index contributed by atoms with van der Waals surface area (Å²) >= 11 is 0. The van der Waals surface area contributed by atoms with E-state index in [1.807, 2.05) is 18.2 Å². The average Bonchev–Trinajstić information content (AvgIpc) is 2.50. The maximum absolute atomic E-state index is 10.6. The lowest BCUT2D eigenvalue weighted by Gasteiger charge is -2.06. The quantitative estimate of drug-likeness (QED) is 0.752. The number of amides is 2. The molecule has 2 rings (SSSR count). The van der Waals surface area contributed by atoms with E-state index in [0.717, 1.165) is 11.8 Å². The molecule has 0 aliphatic carbocycles. The van der Waals surface area contributed by atoms with Gasteiger partial charge in [0.05, 0.1) is 6.42 Å². The molecule has 6 heteroatoms. The summed E-state index contributed by atoms with van der Waals surface area (Å²) in [5.74, 6) is -0.955. The number of carbonyl (C=O) groups excluding carboxylic acids is 2. The zero-order chi connectivity index (χ0) is 16.4. The molecule has 2 aromatic carbocycles. The molecule has 0 heterocycles. The molecule has 0 spiro atoms. The predicted octanol–water partition coefficient (Wildman–Crippen LogP) is 2.30. The first-order valence-electron chi connectivity index (χ1n) is 6.39. The van der Waals surface area contributed by atoms with Gasteiger partial charge in [-0.05, 0) is 11.6 Å². The third-order valence-corrected chi connectivity index (χ3v) is 2.55. The number of urea groups is 1. The van der Waals surface area contributed by atoms with E-state index in [4.69, 9.17) is 10.8 Å². The lowest BCUT2D eigenvalue weighted by molar-refractivity contribution is -0.136. The number of nitrogens with two attached hydrogens (primary N) is 1. The van der Waals surface area contributed by atoms with Crippen LogP contribution in [0, 0.1) is 0 Å². The molecule has 0 saturated heterocycles. The molecule has 0 fully saturated rings. The number of rotatable bonds is 4. The maximum atomic E-state index is 10.6. The zero-order valence-corrected chi connectivity index (χ0v) is 11.7. The molecule has 0 unspecified atom stereocenters. The number of anilines is 1. The van der Waals surface area contributed by atoms with Crippen molar-refractivity contribution < 1.29 is 19.5 Å². The first-order valence-corrected chi connectivity index (χ1v) is 6.39. The second kappa shape index (κ2) is 8.91. The number of hydrogen-bond acceptors (Lipinski definition) is 3. The van der Waals surface area contributed by atoms with Crippen LogP contribution in [-0.4, -0.2) is 23.4 Å². The highest BCUT2D eigenvalue weighted by Gasteiger charge is 2.06. The Hall–Kier alpha value is -3.15. The Morgan fingerprint density at radius 3 is 2.14 bits per heavy atom. The largest absolute Gasteiger partial charge is 0.481 e. The van der Waals surface area contributed by atoms with Crippen molar-refractivity contribution in [1.29, 1.82) is 0 Å². The Bertz CT molecular complexity index is 607. The van der Waals surface area contributed by atoms with Crippen LogP contribution in [-0.2, 0) is 11.2 Å². The molecule has 114 valence electrons. The molecular weight excluding hydrogens is 284 g/mol. The fourth-order valence-electron chi connectivity index (χ4n) is 1.62. The Morgan fingerprint density at radius 1 is 1.05 bits per heavy atom. The number of para-hydroxylation sites is 1. The van der Waals surface area contributed by atoms with Crippen molar-refractivity contribution in [2.24, 2.45) is 5.73 Å². The Kier molecular flexibility index (Phi) is 6.85. The molecule has 2 amide bonds. The van der Waals surface area contributed by atoms with Gasteiger partial charge in [0.15, 0.2) is 0 Å². The monoisotopic (exact) mass is 300 g/mol. The van der Waals surface area contributed by atoms with Gasteiger partial charge in [-0.15, -0.1) is 0 Å². The van der Waals surface area contributed by atoms with Gasteiger partial charge in [0.2, 0.25) is 0 Å². The van der Waals surface area contributed by atoms with Gasteiger partial charge in [-0.2, -0.15) is 0 Å². The fourth-order valence-corrected chi connectivity index (χ4v) is 1.62. The van der Waals surface area contributed by atoms with Crippen LogP contribution in [0.2, 0.25) is 0 Å². The van der Waals surface area contributed by atoms with E-state index >= 15 is 0 Å². The SMILES string of the molecule is NC(=O)Nc1ccccc1CC(=O)O.O=Cc1ccccc1. The van der Waals surface area contributed by atoms with Gasteiger partial charge in [0.1, 0.15) is 6.29 Å². The number of carbonyl (C=O) groups is 3. The van der Waals surface area contributed by atoms with Crippen molar-refractivity contribution in [2.45, 2.75) is 6.42 Å². The second-order valence-corrected chi connectivity index (χ2v) is 4.25. The standard InChI is InChI=1S/C9H10N2O3.C7H6O/c10-9(14)11-7-4-2-1-3-6(7)5-8(12)13;8-6-7-4-2-1-3-5-7/h1-4H,5H2,(H,12,13)(H3,10,11,14);1-6H. The first kappa shape index (κ1) is 16.9. The van der Waals surface area contributed by atoms with Gasteiger partial charge in [-0.1, -0.05) is 48.5 Å². The molecule has 0 atom stereocenters. The van der Waals surface area contributed by atoms with Crippen LogP contribution >= 0.6 is 0 Å². The Balaban J connectivity index is 0.000000255. The minimum absolute atomic E-state index is 0.142. The third kappa shape index (κ3) is 6.33. The highest BCUT2D eigenvalue weighted by molar-refractivity contribution is 5.89. The Labute approximate surface area is 127 Å². The van der Waals surface area contributed by atoms with E-state index in [-0.39, 0.29) is 6.42 Å². The van der Waals surface area contributed by atoms with Crippen molar-refractivity contribution >= 4 is 24.0 Å². The molecule has 0 aliphatic heterocycles. The second-order valence-electron chi connectivity index (χ2n) is 4.25. The maximum Gasteiger partial charge on any atom is 0.316 e. The molecular formula is C16H16N2O4. The minimum Gasteiger partial charge on any atom is -0.481 e. The first-order chi connectivity index (χ1) is 10.5. The topological polar surface area (TPSA) is 109 Å². The zero-order valence-electron chi connectivity index (χ0n) is 11.7. The molecule has 0 aliphatic rings. The van der Waals surface area contributed by atoms with E-state index in [2.05, 4.69) is 5.32 Å². The summed E-state index contributed by atoms with van der Waals surface area (Å²) in [4.78, 5) is 31.0. The van der Waals surface area contributed by atoms with Crippen LogP contribution in [0.15, 0.2) is 54.6 Å². The molecule has 0 saturated carbocycles. The fraction of sp³-hybridized carbons (Fsp3) is 0.0625. The smallest absolute Gasteiger partial charge is 0.316 e. The molecule has 0 radical (unpaired) electrons. The minimum atomic E-state index is -0.955. The summed E-state index contributed by atoms with van der Waals surface area (Å²) in [6, 6.07) is 15.0. The van der Waals surface area contributed by atoms with Crippen LogP contribution in [0.1, 0.15) is 15.9 Å². The number of hydrogen-bond donors (Lipinski definition) is 3. The number of benzene rings is 2. The van der Waals surface area contributed by atoms with Crippen molar-refractivity contribution in [1.82, 2.24) is 0 Å². The highest BCUT2D eigenvalue weighted by Crippen LogP contribution is 2.15. The molecule has 4 N–H and O–H groups in total. The number of aldehydes is 1. The van der Waals surface area contributed by atoms with Crippen molar-refractivity contribution in [3.8, 4) is 0 Å². The van der Waals surface area contributed by atoms with Gasteiger partial charge >= 0.3 is 12.0 Å². The van der Waals surface area contributed by atoms with Gasteiger partial charge < -0.3 is 16.2 Å². The van der Waals surface area contributed by atoms with Crippen LogP contribution in [0.3, 0.4) is 0 Å². The van der Waals surface area contributed by atoms with E-state index in [1.165, 1.54) is 0 Å². The van der Waals surface area contributed by atoms with Crippen molar-refractivity contribution in [3.63, 3.8) is 0 Å². The lowest BCUT2D eigenvalue weighted by Crippen LogP contribution is -2.20. The van der Waals surface area contributed by atoms with Crippen LogP contribution < -0.4 is 11.1 Å². The van der Waals surface area contributed by atoms with Crippen molar-refractivity contribution in [2.75, 3.05) is 5.32 Å². The number of aliphatic carboxylic acids is 1. The van der Waals surface area contributed by atoms with Crippen molar-refractivity contribution in [3.05, 3.63) is 65.7 Å². The summed E-state index contributed by atoms with van der Waals surface area (Å²) in [5, 5.41) is 10.9. The van der Waals surface area contributed by atoms with Gasteiger partial charge in [-0.25, -0.2) is 4.79 Å². The normalized spacial score (nSPS) is 9.09. The van der Waals surface area contributed by atoms with Crippen LogP contribution in [0.25, 0.3) is 0 Å².